The second-order valence-corrected chi connectivity index (χ2v) is 7.38. The largest absolute Gasteiger partial charge is 0.351 e. The molecule has 0 radical (unpaired) electrons. The molecule has 23 heavy (non-hydrogen) atoms. The summed E-state index contributed by atoms with van der Waals surface area (Å²) in [4.78, 5) is 12.7. The quantitative estimate of drug-likeness (QED) is 0.314. The highest BCUT2D eigenvalue weighted by Crippen LogP contribution is 2.51. The van der Waals surface area contributed by atoms with Crippen molar-refractivity contribution in [3.8, 4) is 0 Å². The van der Waals surface area contributed by atoms with E-state index >= 15 is 0 Å². The first-order valence-corrected chi connectivity index (χ1v) is 9.21. The second kappa shape index (κ2) is 6.55. The Balaban J connectivity index is 1.95. The van der Waals surface area contributed by atoms with E-state index in [2.05, 4.69) is 15.9 Å². The van der Waals surface area contributed by atoms with Gasteiger partial charge in [-0.15, -0.1) is 0 Å². The van der Waals surface area contributed by atoms with E-state index in [1.165, 1.54) is 6.07 Å². The van der Waals surface area contributed by atoms with Crippen LogP contribution in [0.4, 0.5) is 0 Å². The molecule has 0 aromatic heterocycles. The Labute approximate surface area is 161 Å². The monoisotopic (exact) mass is 452 g/mol. The number of carbonyl (C=O) groups excluding carboxylic acids is 1. The lowest BCUT2D eigenvalue weighted by Gasteiger charge is -2.12. The first-order chi connectivity index (χ1) is 10.9. The fourth-order valence-corrected chi connectivity index (χ4v) is 4.28. The number of ketones is 1. The summed E-state index contributed by atoms with van der Waals surface area (Å²) >= 11 is 27.6. The van der Waals surface area contributed by atoms with Crippen LogP contribution in [0.15, 0.2) is 36.4 Å². The zero-order chi connectivity index (χ0) is 16.8. The molecule has 0 spiro atoms. The first kappa shape index (κ1) is 17.5. The summed E-state index contributed by atoms with van der Waals surface area (Å²) in [6, 6.07) is 9.85. The molecule has 2 atom stereocenters. The van der Waals surface area contributed by atoms with E-state index < -0.39 is 11.7 Å². The molecule has 2 aromatic carbocycles. The minimum atomic E-state index is -0.818. The average Bonchev–Trinajstić information content (AvgIpc) is 3.22. The molecule has 2 nitrogen and oxygen atoms in total. The van der Waals surface area contributed by atoms with E-state index in [0.29, 0.717) is 36.5 Å². The third kappa shape index (κ3) is 3.15. The molecule has 0 saturated carbocycles. The number of halogens is 5. The summed E-state index contributed by atoms with van der Waals surface area (Å²) in [6.07, 6.45) is -0.667. The average molecular weight is 455 g/mol. The molecule has 0 unspecified atom stereocenters. The molecule has 7 heteroatoms. The molecular formula is C16H9BrCl4O2. The van der Waals surface area contributed by atoms with Crippen LogP contribution in [0, 0.1) is 0 Å². The van der Waals surface area contributed by atoms with Crippen molar-refractivity contribution >= 4 is 68.1 Å². The molecule has 1 aliphatic rings. The summed E-state index contributed by atoms with van der Waals surface area (Å²) in [6.45, 7) is 0. The lowest BCUT2D eigenvalue weighted by molar-refractivity contribution is 0.0954. The normalized spacial score (nSPS) is 22.9. The van der Waals surface area contributed by atoms with Gasteiger partial charge in [0, 0.05) is 31.5 Å². The summed E-state index contributed by atoms with van der Waals surface area (Å²) in [5, 5.41) is 2.16. The van der Waals surface area contributed by atoms with Gasteiger partial charge in [-0.2, -0.15) is 0 Å². The van der Waals surface area contributed by atoms with E-state index in [1.54, 1.807) is 30.3 Å². The smallest absolute Gasteiger partial charge is 0.196 e. The van der Waals surface area contributed by atoms with Gasteiger partial charge < -0.3 is 4.74 Å². The SMILES string of the molecule is O=C(c1ccc(Cl)cc1Cl)[C@H]1O[C@@]1(CBr)c1ccc(Cl)cc1Cl. The van der Waals surface area contributed by atoms with Gasteiger partial charge in [-0.3, -0.25) is 4.79 Å². The maximum absolute atomic E-state index is 12.7. The second-order valence-electron chi connectivity index (χ2n) is 5.13. The Kier molecular flexibility index (Phi) is 4.99. The minimum absolute atomic E-state index is 0.211. The van der Waals surface area contributed by atoms with Crippen LogP contribution >= 0.6 is 62.3 Å². The lowest BCUT2D eigenvalue weighted by Crippen LogP contribution is -2.21. The van der Waals surface area contributed by atoms with Crippen LogP contribution in [0.5, 0.6) is 0 Å². The third-order valence-electron chi connectivity index (χ3n) is 3.71. The molecule has 3 rings (SSSR count). The zero-order valence-corrected chi connectivity index (χ0v) is 16.1. The predicted molar refractivity (Wildman–Crippen MR) is 97.6 cm³/mol. The lowest BCUT2D eigenvalue weighted by atomic mass is 9.93. The zero-order valence-electron chi connectivity index (χ0n) is 11.5. The van der Waals surface area contributed by atoms with Crippen molar-refractivity contribution in [2.45, 2.75) is 11.7 Å². The molecule has 1 saturated heterocycles. The Bertz CT molecular complexity index is 796. The number of hydrogen-bond donors (Lipinski definition) is 0. The molecular weight excluding hydrogens is 446 g/mol. The van der Waals surface area contributed by atoms with Gasteiger partial charge in [0.25, 0.3) is 0 Å². The number of benzene rings is 2. The molecule has 0 bridgehead atoms. The third-order valence-corrected chi connectivity index (χ3v) is 5.64. The van der Waals surface area contributed by atoms with Crippen LogP contribution in [0.2, 0.25) is 20.1 Å². The number of hydrogen-bond acceptors (Lipinski definition) is 2. The Morgan fingerprint density at radius 1 is 1.04 bits per heavy atom. The van der Waals surface area contributed by atoms with Gasteiger partial charge in [-0.25, -0.2) is 0 Å². The van der Waals surface area contributed by atoms with Crippen molar-refractivity contribution in [3.63, 3.8) is 0 Å². The van der Waals surface area contributed by atoms with Gasteiger partial charge in [-0.05, 0) is 30.3 Å². The number of epoxide rings is 1. The molecule has 0 amide bonds. The van der Waals surface area contributed by atoms with E-state index in [1.807, 2.05) is 0 Å². The predicted octanol–water partition coefficient (Wildman–Crippen LogP) is 6.17. The van der Waals surface area contributed by atoms with Crippen LogP contribution in [0.1, 0.15) is 15.9 Å². The number of Topliss-reactive ketones (excluding diaryl/α,β-unsaturated/α-hetero) is 1. The summed E-state index contributed by atoms with van der Waals surface area (Å²) in [7, 11) is 0. The molecule has 1 fully saturated rings. The van der Waals surface area contributed by atoms with Crippen molar-refractivity contribution in [1.29, 1.82) is 0 Å². The van der Waals surface area contributed by atoms with Crippen LogP contribution in [0.25, 0.3) is 0 Å². The van der Waals surface area contributed by atoms with E-state index in [9.17, 15) is 4.79 Å². The highest BCUT2D eigenvalue weighted by molar-refractivity contribution is 9.09. The summed E-state index contributed by atoms with van der Waals surface area (Å²) in [5.74, 6) is -0.211. The first-order valence-electron chi connectivity index (χ1n) is 6.57. The highest BCUT2D eigenvalue weighted by Gasteiger charge is 2.62. The van der Waals surface area contributed by atoms with E-state index in [0.717, 1.165) is 0 Å². The molecule has 1 aliphatic heterocycles. The molecule has 1 heterocycles. The van der Waals surface area contributed by atoms with Crippen LogP contribution in [-0.2, 0) is 10.3 Å². The van der Waals surface area contributed by atoms with Crippen molar-refractivity contribution in [1.82, 2.24) is 0 Å². The van der Waals surface area contributed by atoms with Crippen LogP contribution in [-0.4, -0.2) is 17.2 Å². The highest BCUT2D eigenvalue weighted by atomic mass is 79.9. The van der Waals surface area contributed by atoms with Gasteiger partial charge in [-0.1, -0.05) is 68.4 Å². The molecule has 2 aromatic rings. The number of alkyl halides is 1. The molecule has 0 aliphatic carbocycles. The van der Waals surface area contributed by atoms with Crippen LogP contribution in [0.3, 0.4) is 0 Å². The Morgan fingerprint density at radius 3 is 2.22 bits per heavy atom. The standard InChI is InChI=1S/C16H9BrCl4O2/c17-7-16(11-4-2-9(19)6-13(11)21)15(23-16)14(22)10-3-1-8(18)5-12(10)20/h1-6,15H,7H2/t15-,16+/m1/s1. The topological polar surface area (TPSA) is 29.6 Å². The van der Waals surface area contributed by atoms with Gasteiger partial charge in [0.05, 0.1) is 5.02 Å². The fourth-order valence-electron chi connectivity index (χ4n) is 2.48. The maximum Gasteiger partial charge on any atom is 0.196 e. The number of ether oxygens (including phenoxy) is 1. The maximum atomic E-state index is 12.7. The number of rotatable bonds is 4. The van der Waals surface area contributed by atoms with E-state index in [-0.39, 0.29) is 5.78 Å². The van der Waals surface area contributed by atoms with Crippen LogP contribution < -0.4 is 0 Å². The van der Waals surface area contributed by atoms with Crippen molar-refractivity contribution in [3.05, 3.63) is 67.6 Å². The van der Waals surface area contributed by atoms with Crippen molar-refractivity contribution in [2.24, 2.45) is 0 Å². The van der Waals surface area contributed by atoms with Gasteiger partial charge in [0.15, 0.2) is 11.9 Å². The summed E-state index contributed by atoms with van der Waals surface area (Å²) < 4.78 is 5.75. The fraction of sp³-hybridized carbons (Fsp3) is 0.188. The van der Waals surface area contributed by atoms with Crippen molar-refractivity contribution < 1.29 is 9.53 Å². The van der Waals surface area contributed by atoms with Gasteiger partial charge >= 0.3 is 0 Å². The molecule has 120 valence electrons. The van der Waals surface area contributed by atoms with E-state index in [4.69, 9.17) is 51.1 Å². The Morgan fingerprint density at radius 2 is 1.65 bits per heavy atom. The van der Waals surface area contributed by atoms with Gasteiger partial charge in [0.2, 0.25) is 0 Å². The molecule has 0 N–H and O–H groups in total. The summed E-state index contributed by atoms with van der Waals surface area (Å²) in [5.41, 5.74) is 0.264. The Hall–Kier alpha value is -0.290. The van der Waals surface area contributed by atoms with Crippen molar-refractivity contribution in [2.75, 3.05) is 5.33 Å². The number of carbonyl (C=O) groups is 1. The minimum Gasteiger partial charge on any atom is -0.351 e. The van der Waals surface area contributed by atoms with Gasteiger partial charge in [0.1, 0.15) is 5.60 Å².